The minimum Gasteiger partial charge on any atom is -0.295 e. The Morgan fingerprint density at radius 2 is 2.05 bits per heavy atom. The van der Waals surface area contributed by atoms with Gasteiger partial charge in [-0.2, -0.15) is 0 Å². The molecule has 0 unspecified atom stereocenters. The fraction of sp³-hybridized carbons (Fsp3) is 0.650. The number of ketones is 1. The lowest BCUT2D eigenvalue weighted by atomic mass is 9.75. The smallest absolute Gasteiger partial charge is 0.159 e. The van der Waals surface area contributed by atoms with Gasteiger partial charge in [0.2, 0.25) is 0 Å². The van der Waals surface area contributed by atoms with Crippen molar-refractivity contribution in [3.8, 4) is 0 Å². The van der Waals surface area contributed by atoms with Crippen molar-refractivity contribution in [2.45, 2.75) is 66.2 Å². The summed E-state index contributed by atoms with van der Waals surface area (Å²) in [5.41, 5.74) is 3.82. The molecule has 0 heterocycles. The summed E-state index contributed by atoms with van der Waals surface area (Å²) >= 11 is 0. The largest absolute Gasteiger partial charge is 0.295 e. The molecule has 2 rings (SSSR count). The van der Waals surface area contributed by atoms with Crippen LogP contribution in [0.2, 0.25) is 0 Å². The highest BCUT2D eigenvalue weighted by atomic mass is 16.1. The van der Waals surface area contributed by atoms with Gasteiger partial charge in [0.25, 0.3) is 0 Å². The van der Waals surface area contributed by atoms with E-state index in [4.69, 9.17) is 0 Å². The fourth-order valence-corrected chi connectivity index (χ4v) is 3.97. The highest BCUT2D eigenvalue weighted by Crippen LogP contribution is 2.52. The van der Waals surface area contributed by atoms with E-state index in [1.807, 2.05) is 0 Å². The lowest BCUT2D eigenvalue weighted by molar-refractivity contribution is -0.117. The lowest BCUT2D eigenvalue weighted by Gasteiger charge is -2.29. The molecular weight excluding hydrogens is 256 g/mol. The van der Waals surface area contributed by atoms with E-state index in [0.717, 1.165) is 31.3 Å². The van der Waals surface area contributed by atoms with Gasteiger partial charge in [-0.3, -0.25) is 4.79 Å². The Morgan fingerprint density at radius 3 is 2.71 bits per heavy atom. The summed E-state index contributed by atoms with van der Waals surface area (Å²) in [7, 11) is 0. The predicted octanol–water partition coefficient (Wildman–Crippen LogP) is 5.63. The second-order valence-corrected chi connectivity index (χ2v) is 7.61. The molecule has 2 atom stereocenters. The maximum atomic E-state index is 12.5. The quantitative estimate of drug-likeness (QED) is 0.451. The molecule has 0 bridgehead atoms. The van der Waals surface area contributed by atoms with Crippen molar-refractivity contribution < 1.29 is 4.79 Å². The minimum absolute atomic E-state index is 0.0551. The number of fused-ring (bicyclic) bond motifs is 1. The molecule has 0 amide bonds. The number of allylic oxidation sites excluding steroid dienone is 5. The van der Waals surface area contributed by atoms with Gasteiger partial charge in [-0.1, -0.05) is 50.6 Å². The number of hydrogen-bond acceptors (Lipinski definition) is 1. The maximum Gasteiger partial charge on any atom is 0.159 e. The van der Waals surface area contributed by atoms with Crippen molar-refractivity contribution in [2.75, 3.05) is 0 Å². The number of Topliss-reactive ketones (excluding diaryl/α,β-unsaturated/α-hetero) is 1. The van der Waals surface area contributed by atoms with Crippen LogP contribution in [0.25, 0.3) is 0 Å². The SMILES string of the molecule is C=C1CC/C=C(\C)C/C=C2/[C@H](C(C)C)CC[C@@]2(C)CC1=O. The van der Waals surface area contributed by atoms with Crippen LogP contribution in [-0.4, -0.2) is 5.78 Å². The van der Waals surface area contributed by atoms with Crippen molar-refractivity contribution in [2.24, 2.45) is 17.3 Å². The molecule has 0 aromatic rings. The van der Waals surface area contributed by atoms with Crippen LogP contribution in [0.4, 0.5) is 0 Å². The van der Waals surface area contributed by atoms with E-state index in [-0.39, 0.29) is 11.2 Å². The Bertz CT molecular complexity index is 492. The Labute approximate surface area is 130 Å². The monoisotopic (exact) mass is 286 g/mol. The molecule has 2 aliphatic carbocycles. The van der Waals surface area contributed by atoms with Crippen molar-refractivity contribution in [1.29, 1.82) is 0 Å². The summed E-state index contributed by atoms with van der Waals surface area (Å²) in [5.74, 6) is 1.58. The summed E-state index contributed by atoms with van der Waals surface area (Å²) in [5, 5.41) is 0. The Balaban J connectivity index is 2.38. The molecule has 21 heavy (non-hydrogen) atoms. The van der Waals surface area contributed by atoms with Crippen LogP contribution in [0.5, 0.6) is 0 Å². The van der Waals surface area contributed by atoms with E-state index >= 15 is 0 Å². The molecule has 1 fully saturated rings. The third-order valence-corrected chi connectivity index (χ3v) is 5.44. The Kier molecular flexibility index (Phi) is 4.91. The topological polar surface area (TPSA) is 17.1 Å². The first-order valence-corrected chi connectivity index (χ1v) is 8.40. The second kappa shape index (κ2) is 6.34. The summed E-state index contributed by atoms with van der Waals surface area (Å²) in [6, 6.07) is 0. The average molecular weight is 286 g/mol. The van der Waals surface area contributed by atoms with Crippen molar-refractivity contribution in [1.82, 2.24) is 0 Å². The van der Waals surface area contributed by atoms with E-state index in [0.29, 0.717) is 18.3 Å². The van der Waals surface area contributed by atoms with Gasteiger partial charge in [0.05, 0.1) is 0 Å². The van der Waals surface area contributed by atoms with Gasteiger partial charge in [-0.25, -0.2) is 0 Å². The molecule has 2 aliphatic rings. The molecule has 116 valence electrons. The molecule has 0 aromatic heterocycles. The van der Waals surface area contributed by atoms with E-state index < -0.39 is 0 Å². The van der Waals surface area contributed by atoms with Gasteiger partial charge in [0, 0.05) is 6.42 Å². The first-order valence-electron chi connectivity index (χ1n) is 8.40. The summed E-state index contributed by atoms with van der Waals surface area (Å²) in [4.78, 5) is 12.5. The normalized spacial score (nSPS) is 36.5. The van der Waals surface area contributed by atoms with Crippen LogP contribution in [-0.2, 0) is 4.79 Å². The van der Waals surface area contributed by atoms with Gasteiger partial charge >= 0.3 is 0 Å². The first kappa shape index (κ1) is 16.3. The second-order valence-electron chi connectivity index (χ2n) is 7.61. The average Bonchev–Trinajstić information content (AvgIpc) is 2.71. The van der Waals surface area contributed by atoms with Gasteiger partial charge in [-0.15, -0.1) is 0 Å². The van der Waals surface area contributed by atoms with Gasteiger partial charge < -0.3 is 0 Å². The van der Waals surface area contributed by atoms with Gasteiger partial charge in [0.15, 0.2) is 5.78 Å². The van der Waals surface area contributed by atoms with Crippen LogP contribution in [0.3, 0.4) is 0 Å². The molecular formula is C20H30O. The van der Waals surface area contributed by atoms with Crippen LogP contribution in [0.15, 0.2) is 35.5 Å². The van der Waals surface area contributed by atoms with E-state index in [9.17, 15) is 4.79 Å². The molecule has 0 spiro atoms. The van der Waals surface area contributed by atoms with E-state index in [2.05, 4.69) is 46.4 Å². The van der Waals surface area contributed by atoms with Crippen LogP contribution >= 0.6 is 0 Å². The molecule has 0 radical (unpaired) electrons. The zero-order valence-corrected chi connectivity index (χ0v) is 14.2. The maximum absolute atomic E-state index is 12.5. The molecule has 1 nitrogen and oxygen atoms in total. The standard InChI is InChI=1S/C20H30O/c1-14(2)17-11-12-20(5)13-19(21)16(4)8-6-7-15(3)9-10-18(17)20/h7,10,14,17H,4,6,8-9,11-13H2,1-3,5H3/b15-7+,18-10-/t17-,20-/m0/s1. The van der Waals surface area contributed by atoms with Crippen molar-refractivity contribution in [3.63, 3.8) is 0 Å². The predicted molar refractivity (Wildman–Crippen MR) is 90.1 cm³/mol. The molecule has 1 saturated carbocycles. The lowest BCUT2D eigenvalue weighted by Crippen LogP contribution is -2.22. The highest BCUT2D eigenvalue weighted by molar-refractivity contribution is 5.95. The fourth-order valence-electron chi connectivity index (χ4n) is 3.97. The number of carbonyl (C=O) groups excluding carboxylic acids is 1. The third-order valence-electron chi connectivity index (χ3n) is 5.44. The minimum atomic E-state index is 0.0551. The summed E-state index contributed by atoms with van der Waals surface area (Å²) < 4.78 is 0. The zero-order chi connectivity index (χ0) is 15.6. The van der Waals surface area contributed by atoms with Crippen LogP contribution < -0.4 is 0 Å². The number of rotatable bonds is 1. The number of carbonyl (C=O) groups is 1. The third kappa shape index (κ3) is 3.56. The highest BCUT2D eigenvalue weighted by Gasteiger charge is 2.42. The zero-order valence-electron chi connectivity index (χ0n) is 14.2. The number of hydrogen-bond donors (Lipinski definition) is 0. The van der Waals surface area contributed by atoms with Gasteiger partial charge in [0.1, 0.15) is 0 Å². The van der Waals surface area contributed by atoms with Crippen molar-refractivity contribution in [3.05, 3.63) is 35.5 Å². The molecule has 1 heteroatoms. The Morgan fingerprint density at radius 1 is 1.33 bits per heavy atom. The molecule has 0 N–H and O–H groups in total. The van der Waals surface area contributed by atoms with E-state index in [1.165, 1.54) is 17.6 Å². The summed E-state index contributed by atoms with van der Waals surface area (Å²) in [6.07, 6.45) is 10.5. The van der Waals surface area contributed by atoms with Crippen LogP contribution in [0.1, 0.15) is 66.2 Å². The van der Waals surface area contributed by atoms with Crippen LogP contribution in [0, 0.1) is 17.3 Å². The van der Waals surface area contributed by atoms with Gasteiger partial charge in [-0.05, 0) is 61.9 Å². The summed E-state index contributed by atoms with van der Waals surface area (Å²) in [6.45, 7) is 13.1. The molecule has 0 aromatic carbocycles. The Hall–Kier alpha value is -1.11. The van der Waals surface area contributed by atoms with E-state index in [1.54, 1.807) is 0 Å². The van der Waals surface area contributed by atoms with Crippen molar-refractivity contribution >= 4 is 5.78 Å². The molecule has 0 saturated heterocycles. The first-order chi connectivity index (χ1) is 9.83. The molecule has 0 aliphatic heterocycles.